The summed E-state index contributed by atoms with van der Waals surface area (Å²) in [6.45, 7) is 0. The summed E-state index contributed by atoms with van der Waals surface area (Å²) in [5.74, 6) is 0. The number of aryl methyl sites for hydroxylation is 2. The minimum absolute atomic E-state index is 0.157. The maximum atomic E-state index is 12.1. The van der Waals surface area contributed by atoms with Gasteiger partial charge in [-0.3, -0.25) is 9.48 Å². The van der Waals surface area contributed by atoms with Gasteiger partial charge in [-0.15, -0.1) is 0 Å². The smallest absolute Gasteiger partial charge is 0.290 e. The first-order valence-electron chi connectivity index (χ1n) is 6.50. The van der Waals surface area contributed by atoms with Crippen molar-refractivity contribution in [1.82, 2.24) is 19.6 Å². The van der Waals surface area contributed by atoms with Gasteiger partial charge in [-0.25, -0.2) is 4.68 Å². The quantitative estimate of drug-likeness (QED) is 0.770. The molecule has 0 aliphatic rings. The molecule has 0 atom stereocenters. The van der Waals surface area contributed by atoms with Crippen LogP contribution < -0.4 is 11.3 Å². The van der Waals surface area contributed by atoms with Gasteiger partial charge in [-0.05, 0) is 6.07 Å². The molecular formula is C15H15N5O. The second-order valence-corrected chi connectivity index (χ2v) is 4.81. The zero-order valence-electron chi connectivity index (χ0n) is 11.8. The number of anilines is 1. The van der Waals surface area contributed by atoms with Crippen molar-refractivity contribution in [2.75, 3.05) is 5.73 Å². The monoisotopic (exact) mass is 281 g/mol. The van der Waals surface area contributed by atoms with Crippen molar-refractivity contribution >= 4 is 5.69 Å². The Kier molecular flexibility index (Phi) is 3.06. The van der Waals surface area contributed by atoms with Gasteiger partial charge >= 0.3 is 0 Å². The third-order valence-corrected chi connectivity index (χ3v) is 3.30. The lowest BCUT2D eigenvalue weighted by Gasteiger charge is -2.11. The van der Waals surface area contributed by atoms with Crippen LogP contribution in [-0.2, 0) is 14.1 Å². The molecule has 1 aromatic carbocycles. The van der Waals surface area contributed by atoms with E-state index in [1.54, 1.807) is 17.9 Å². The molecule has 0 aliphatic carbocycles. The Morgan fingerprint density at radius 3 is 2.38 bits per heavy atom. The Morgan fingerprint density at radius 1 is 1.05 bits per heavy atom. The van der Waals surface area contributed by atoms with Crippen LogP contribution in [0.2, 0.25) is 0 Å². The van der Waals surface area contributed by atoms with E-state index in [-0.39, 0.29) is 11.2 Å². The van der Waals surface area contributed by atoms with Gasteiger partial charge in [-0.2, -0.15) is 10.2 Å². The van der Waals surface area contributed by atoms with Gasteiger partial charge < -0.3 is 5.73 Å². The molecule has 2 N–H and O–H groups in total. The van der Waals surface area contributed by atoms with Gasteiger partial charge in [-0.1, -0.05) is 30.3 Å². The average Bonchev–Trinajstić information content (AvgIpc) is 2.91. The summed E-state index contributed by atoms with van der Waals surface area (Å²) in [6, 6.07) is 11.4. The summed E-state index contributed by atoms with van der Waals surface area (Å²) in [7, 11) is 3.41. The molecule has 6 heteroatoms. The zero-order chi connectivity index (χ0) is 15.0. The fourth-order valence-corrected chi connectivity index (χ4v) is 2.26. The Balaban J connectivity index is 2.36. The van der Waals surface area contributed by atoms with Crippen molar-refractivity contribution in [2.24, 2.45) is 14.1 Å². The highest BCUT2D eigenvalue weighted by molar-refractivity contribution is 5.86. The standard InChI is InChI=1S/C15H15N5O/c1-19-9-8-11(17-19)12-13(16)15(21)20(2)18-14(12)10-6-4-3-5-7-10/h3-9H,16H2,1-2H3. The van der Waals surface area contributed by atoms with E-state index in [1.807, 2.05) is 43.4 Å². The van der Waals surface area contributed by atoms with Crippen LogP contribution in [0.1, 0.15) is 0 Å². The van der Waals surface area contributed by atoms with Crippen LogP contribution in [0.15, 0.2) is 47.4 Å². The molecule has 2 heterocycles. The number of hydrogen-bond acceptors (Lipinski definition) is 4. The first-order valence-corrected chi connectivity index (χ1v) is 6.50. The fraction of sp³-hybridized carbons (Fsp3) is 0.133. The highest BCUT2D eigenvalue weighted by atomic mass is 16.1. The van der Waals surface area contributed by atoms with Crippen LogP contribution >= 0.6 is 0 Å². The molecule has 0 unspecified atom stereocenters. The zero-order valence-corrected chi connectivity index (χ0v) is 11.8. The maximum Gasteiger partial charge on any atom is 0.290 e. The number of nitrogens with two attached hydrogens (primary N) is 1. The molecule has 2 aromatic heterocycles. The van der Waals surface area contributed by atoms with Crippen LogP contribution in [0.25, 0.3) is 22.5 Å². The first kappa shape index (κ1) is 13.1. The molecule has 0 saturated carbocycles. The Labute approximate surface area is 121 Å². The van der Waals surface area contributed by atoms with Crippen LogP contribution in [0, 0.1) is 0 Å². The van der Waals surface area contributed by atoms with E-state index in [4.69, 9.17) is 5.73 Å². The van der Waals surface area contributed by atoms with Crippen molar-refractivity contribution in [1.29, 1.82) is 0 Å². The third kappa shape index (κ3) is 2.20. The molecule has 3 aromatic rings. The molecule has 0 saturated heterocycles. The minimum atomic E-state index is -0.324. The SMILES string of the molecule is Cn1ccc(-c2c(-c3ccccc3)nn(C)c(=O)c2N)n1. The highest BCUT2D eigenvalue weighted by Crippen LogP contribution is 2.31. The number of nitrogen functional groups attached to an aromatic ring is 1. The molecule has 0 spiro atoms. The van der Waals surface area contributed by atoms with Gasteiger partial charge in [0.05, 0.1) is 11.3 Å². The maximum absolute atomic E-state index is 12.1. The third-order valence-electron chi connectivity index (χ3n) is 3.30. The summed E-state index contributed by atoms with van der Waals surface area (Å²) < 4.78 is 2.92. The summed E-state index contributed by atoms with van der Waals surface area (Å²) >= 11 is 0. The Hall–Kier alpha value is -2.89. The highest BCUT2D eigenvalue weighted by Gasteiger charge is 2.18. The van der Waals surface area contributed by atoms with E-state index in [0.29, 0.717) is 17.0 Å². The molecular weight excluding hydrogens is 266 g/mol. The van der Waals surface area contributed by atoms with Crippen molar-refractivity contribution in [2.45, 2.75) is 0 Å². The van der Waals surface area contributed by atoms with Gasteiger partial charge in [0.1, 0.15) is 11.4 Å². The van der Waals surface area contributed by atoms with E-state index in [0.717, 1.165) is 5.56 Å². The predicted molar refractivity (Wildman–Crippen MR) is 81.5 cm³/mol. The lowest BCUT2D eigenvalue weighted by Crippen LogP contribution is -2.24. The second kappa shape index (κ2) is 4.90. The number of rotatable bonds is 2. The molecule has 0 fully saturated rings. The number of aromatic nitrogens is 4. The van der Waals surface area contributed by atoms with Crippen LogP contribution in [-0.4, -0.2) is 19.6 Å². The van der Waals surface area contributed by atoms with Crippen molar-refractivity contribution in [3.8, 4) is 22.5 Å². The first-order chi connectivity index (χ1) is 10.1. The number of nitrogens with zero attached hydrogens (tertiary/aromatic N) is 4. The van der Waals surface area contributed by atoms with Crippen LogP contribution in [0.5, 0.6) is 0 Å². The van der Waals surface area contributed by atoms with Crippen molar-refractivity contribution in [3.05, 3.63) is 52.9 Å². The molecule has 0 amide bonds. The van der Waals surface area contributed by atoms with Gasteiger partial charge in [0.2, 0.25) is 0 Å². The Bertz CT molecular complexity index is 848. The minimum Gasteiger partial charge on any atom is -0.394 e. The normalized spacial score (nSPS) is 10.8. The molecule has 106 valence electrons. The molecule has 0 radical (unpaired) electrons. The van der Waals surface area contributed by atoms with E-state index in [9.17, 15) is 4.79 Å². The van der Waals surface area contributed by atoms with E-state index in [2.05, 4.69) is 10.2 Å². The van der Waals surface area contributed by atoms with Crippen molar-refractivity contribution < 1.29 is 0 Å². The second-order valence-electron chi connectivity index (χ2n) is 4.81. The van der Waals surface area contributed by atoms with Crippen LogP contribution in [0.3, 0.4) is 0 Å². The summed E-state index contributed by atoms with van der Waals surface area (Å²) in [6.07, 6.45) is 1.81. The van der Waals surface area contributed by atoms with Gasteiger partial charge in [0.25, 0.3) is 5.56 Å². The predicted octanol–water partition coefficient (Wildman–Crippen LogP) is 1.43. The van der Waals surface area contributed by atoms with Gasteiger partial charge in [0.15, 0.2) is 0 Å². The molecule has 0 aliphatic heterocycles. The summed E-state index contributed by atoms with van der Waals surface area (Å²) in [5.41, 5.74) is 8.62. The topological polar surface area (TPSA) is 78.7 Å². The average molecular weight is 281 g/mol. The molecule has 3 rings (SSSR count). The van der Waals surface area contributed by atoms with E-state index >= 15 is 0 Å². The van der Waals surface area contributed by atoms with Crippen LogP contribution in [0.4, 0.5) is 5.69 Å². The van der Waals surface area contributed by atoms with E-state index < -0.39 is 0 Å². The largest absolute Gasteiger partial charge is 0.394 e. The lowest BCUT2D eigenvalue weighted by molar-refractivity contribution is 0.715. The van der Waals surface area contributed by atoms with Gasteiger partial charge in [0, 0.05) is 25.9 Å². The fourth-order valence-electron chi connectivity index (χ4n) is 2.26. The molecule has 21 heavy (non-hydrogen) atoms. The number of hydrogen-bond donors (Lipinski definition) is 1. The summed E-state index contributed by atoms with van der Waals surface area (Å²) in [4.78, 5) is 12.1. The molecule has 0 bridgehead atoms. The molecule has 6 nitrogen and oxygen atoms in total. The summed E-state index contributed by atoms with van der Waals surface area (Å²) in [5, 5.41) is 8.71. The Morgan fingerprint density at radius 2 is 1.76 bits per heavy atom. The van der Waals surface area contributed by atoms with Crippen molar-refractivity contribution in [3.63, 3.8) is 0 Å². The van der Waals surface area contributed by atoms with E-state index in [1.165, 1.54) is 4.68 Å². The lowest BCUT2D eigenvalue weighted by atomic mass is 10.0. The number of benzene rings is 1.